The van der Waals surface area contributed by atoms with E-state index in [0.717, 1.165) is 12.8 Å². The number of likely N-dealkylation sites (tertiary alicyclic amines) is 1. The lowest BCUT2D eigenvalue weighted by molar-refractivity contribution is 0.0198. The smallest absolute Gasteiger partial charge is 0.410 e. The molecule has 1 fully saturated rings. The van der Waals surface area contributed by atoms with E-state index >= 15 is 0 Å². The number of aryl methyl sites for hydroxylation is 1. The first-order valence-electron chi connectivity index (χ1n) is 7.89. The Hall–Kier alpha value is -2.05. The molecule has 1 N–H and O–H groups in total. The Bertz CT molecular complexity index is 581. The molecule has 1 aromatic heterocycles. The lowest BCUT2D eigenvalue weighted by Crippen LogP contribution is -2.41. The van der Waals surface area contributed by atoms with Gasteiger partial charge in [0, 0.05) is 26.1 Å². The topological polar surface area (TPSA) is 84.7 Å². The van der Waals surface area contributed by atoms with Gasteiger partial charge in [0.05, 0.1) is 5.69 Å². The number of ether oxygens (including phenoxy) is 1. The molecule has 1 saturated heterocycles. The molecule has 1 aliphatic heterocycles. The van der Waals surface area contributed by atoms with Crippen molar-refractivity contribution in [2.75, 3.05) is 20.1 Å². The Kier molecular flexibility index (Phi) is 4.97. The molecule has 2 amide bonds. The highest BCUT2D eigenvalue weighted by Crippen LogP contribution is 2.32. The van der Waals surface area contributed by atoms with Crippen molar-refractivity contribution in [3.8, 4) is 0 Å². The molecule has 0 aliphatic carbocycles. The van der Waals surface area contributed by atoms with Gasteiger partial charge in [0.1, 0.15) is 11.2 Å². The fourth-order valence-corrected chi connectivity index (χ4v) is 2.72. The predicted octanol–water partition coefficient (Wildman–Crippen LogP) is 2.46. The summed E-state index contributed by atoms with van der Waals surface area (Å²) in [5, 5.41) is 6.54. The average Bonchev–Trinajstić information content (AvgIpc) is 2.86. The second-order valence-corrected chi connectivity index (χ2v) is 6.83. The molecule has 2 heterocycles. The molecule has 0 radical (unpaired) electrons. The van der Waals surface area contributed by atoms with E-state index in [9.17, 15) is 9.59 Å². The molecule has 0 unspecified atom stereocenters. The number of carbonyl (C=O) groups excluding carboxylic acids is 2. The molecule has 2 rings (SSSR count). The van der Waals surface area contributed by atoms with Crippen LogP contribution in [0.2, 0.25) is 0 Å². The molecular formula is C16H25N3O4. The van der Waals surface area contributed by atoms with Crippen LogP contribution >= 0.6 is 0 Å². The normalized spacial score (nSPS) is 16.3. The molecule has 0 aromatic carbocycles. The SMILES string of the molecule is CNC(=O)c1c(C)noc1C1CCN(C(=O)OC(C)(C)C)CC1. The van der Waals surface area contributed by atoms with Crippen LogP contribution in [-0.4, -0.2) is 47.8 Å². The van der Waals surface area contributed by atoms with Crippen molar-refractivity contribution >= 4 is 12.0 Å². The summed E-state index contributed by atoms with van der Waals surface area (Å²) in [6, 6.07) is 0. The number of carbonyl (C=O) groups is 2. The van der Waals surface area contributed by atoms with Crippen molar-refractivity contribution in [3.63, 3.8) is 0 Å². The second-order valence-electron chi connectivity index (χ2n) is 6.83. The highest BCUT2D eigenvalue weighted by atomic mass is 16.6. The number of nitrogens with one attached hydrogen (secondary N) is 1. The molecule has 128 valence electrons. The van der Waals surface area contributed by atoms with Gasteiger partial charge in [0.15, 0.2) is 5.76 Å². The summed E-state index contributed by atoms with van der Waals surface area (Å²) in [5.41, 5.74) is 0.611. The van der Waals surface area contributed by atoms with Gasteiger partial charge < -0.3 is 19.5 Å². The van der Waals surface area contributed by atoms with Crippen molar-refractivity contribution in [1.82, 2.24) is 15.4 Å². The van der Waals surface area contributed by atoms with Crippen LogP contribution in [0.5, 0.6) is 0 Å². The Morgan fingerprint density at radius 3 is 2.43 bits per heavy atom. The summed E-state index contributed by atoms with van der Waals surface area (Å²) >= 11 is 0. The van der Waals surface area contributed by atoms with Gasteiger partial charge >= 0.3 is 6.09 Å². The average molecular weight is 323 g/mol. The van der Waals surface area contributed by atoms with Crippen molar-refractivity contribution in [1.29, 1.82) is 0 Å². The summed E-state index contributed by atoms with van der Waals surface area (Å²) < 4.78 is 10.8. The van der Waals surface area contributed by atoms with Gasteiger partial charge in [-0.3, -0.25) is 4.79 Å². The Balaban J connectivity index is 2.03. The molecule has 23 heavy (non-hydrogen) atoms. The van der Waals surface area contributed by atoms with Crippen molar-refractivity contribution in [2.45, 2.75) is 52.1 Å². The molecule has 1 aromatic rings. The standard InChI is InChI=1S/C16H25N3O4/c1-10-12(14(20)17-5)13(23-18-10)11-6-8-19(9-7-11)15(21)22-16(2,3)4/h11H,6-9H2,1-5H3,(H,17,20). The van der Waals surface area contributed by atoms with Gasteiger partial charge in [-0.25, -0.2) is 4.79 Å². The number of amides is 2. The first-order valence-corrected chi connectivity index (χ1v) is 7.89. The number of hydrogen-bond donors (Lipinski definition) is 1. The molecule has 0 spiro atoms. The first kappa shape index (κ1) is 17.3. The van der Waals surface area contributed by atoms with E-state index in [-0.39, 0.29) is 17.9 Å². The third-order valence-electron chi connectivity index (χ3n) is 3.86. The Morgan fingerprint density at radius 1 is 1.30 bits per heavy atom. The van der Waals surface area contributed by atoms with E-state index in [1.54, 1.807) is 18.9 Å². The summed E-state index contributed by atoms with van der Waals surface area (Å²) in [6.45, 7) is 8.46. The zero-order chi connectivity index (χ0) is 17.2. The van der Waals surface area contributed by atoms with Crippen LogP contribution in [0.1, 0.15) is 61.3 Å². The van der Waals surface area contributed by atoms with E-state index < -0.39 is 5.60 Å². The van der Waals surface area contributed by atoms with Crippen LogP contribution in [0.3, 0.4) is 0 Å². The lowest BCUT2D eigenvalue weighted by atomic mass is 9.91. The van der Waals surface area contributed by atoms with Gasteiger partial charge in [-0.05, 0) is 40.5 Å². The molecule has 7 nitrogen and oxygen atoms in total. The molecule has 0 bridgehead atoms. The van der Waals surface area contributed by atoms with E-state index in [1.165, 1.54) is 0 Å². The fourth-order valence-electron chi connectivity index (χ4n) is 2.72. The summed E-state index contributed by atoms with van der Waals surface area (Å²) in [6.07, 6.45) is 1.15. The zero-order valence-corrected chi connectivity index (χ0v) is 14.4. The van der Waals surface area contributed by atoms with Crippen LogP contribution in [0.4, 0.5) is 4.79 Å². The monoisotopic (exact) mass is 323 g/mol. The van der Waals surface area contributed by atoms with Gasteiger partial charge in [-0.1, -0.05) is 5.16 Å². The number of rotatable bonds is 2. The van der Waals surface area contributed by atoms with E-state index in [4.69, 9.17) is 9.26 Å². The molecule has 0 saturated carbocycles. The summed E-state index contributed by atoms with van der Waals surface area (Å²) in [5.74, 6) is 0.515. The lowest BCUT2D eigenvalue weighted by Gasteiger charge is -2.32. The summed E-state index contributed by atoms with van der Waals surface area (Å²) in [4.78, 5) is 25.8. The van der Waals surface area contributed by atoms with Crippen LogP contribution in [0.25, 0.3) is 0 Å². The largest absolute Gasteiger partial charge is 0.444 e. The zero-order valence-electron chi connectivity index (χ0n) is 14.4. The molecule has 1 aliphatic rings. The number of nitrogens with zero attached hydrogens (tertiary/aromatic N) is 2. The molecular weight excluding hydrogens is 298 g/mol. The third kappa shape index (κ3) is 4.03. The molecule has 7 heteroatoms. The Morgan fingerprint density at radius 2 is 1.91 bits per heavy atom. The van der Waals surface area contributed by atoms with Gasteiger partial charge in [0.25, 0.3) is 5.91 Å². The van der Waals surface area contributed by atoms with Crippen LogP contribution in [-0.2, 0) is 4.74 Å². The quantitative estimate of drug-likeness (QED) is 0.903. The maximum atomic E-state index is 12.1. The maximum absolute atomic E-state index is 12.1. The van der Waals surface area contributed by atoms with Crippen LogP contribution in [0, 0.1) is 6.92 Å². The Labute approximate surface area is 136 Å². The van der Waals surface area contributed by atoms with Crippen molar-refractivity contribution < 1.29 is 18.8 Å². The van der Waals surface area contributed by atoms with E-state index in [0.29, 0.717) is 30.1 Å². The molecule has 0 atom stereocenters. The minimum atomic E-state index is -0.498. The predicted molar refractivity (Wildman–Crippen MR) is 84.4 cm³/mol. The van der Waals surface area contributed by atoms with Crippen molar-refractivity contribution in [2.24, 2.45) is 0 Å². The van der Waals surface area contributed by atoms with Gasteiger partial charge in [-0.15, -0.1) is 0 Å². The summed E-state index contributed by atoms with van der Waals surface area (Å²) in [7, 11) is 1.59. The number of piperidine rings is 1. The van der Waals surface area contributed by atoms with Crippen molar-refractivity contribution in [3.05, 3.63) is 17.0 Å². The second kappa shape index (κ2) is 6.60. The van der Waals surface area contributed by atoms with Crippen LogP contribution < -0.4 is 5.32 Å². The van der Waals surface area contributed by atoms with Gasteiger partial charge in [0.2, 0.25) is 0 Å². The first-order chi connectivity index (χ1) is 10.7. The van der Waals surface area contributed by atoms with Crippen LogP contribution in [0.15, 0.2) is 4.52 Å². The third-order valence-corrected chi connectivity index (χ3v) is 3.86. The van der Waals surface area contributed by atoms with Gasteiger partial charge in [-0.2, -0.15) is 0 Å². The maximum Gasteiger partial charge on any atom is 0.410 e. The van der Waals surface area contributed by atoms with E-state index in [2.05, 4.69) is 10.5 Å². The van der Waals surface area contributed by atoms with E-state index in [1.807, 2.05) is 20.8 Å². The number of aromatic nitrogens is 1. The highest BCUT2D eigenvalue weighted by Gasteiger charge is 2.32. The minimum absolute atomic E-state index is 0.0854. The fraction of sp³-hybridized carbons (Fsp3) is 0.688. The number of hydrogen-bond acceptors (Lipinski definition) is 5. The minimum Gasteiger partial charge on any atom is -0.444 e. The highest BCUT2D eigenvalue weighted by molar-refractivity contribution is 5.96.